The fourth-order valence-electron chi connectivity index (χ4n) is 6.81. The Labute approximate surface area is 333 Å². The smallest absolute Gasteiger partial charge is 0.462 e. The van der Waals surface area contributed by atoms with Crippen LogP contribution in [0.1, 0.15) is 239 Å². The Hall–Kier alpha value is -0.990. The Morgan fingerprint density at radius 2 is 0.796 bits per heavy atom. The molecule has 0 aliphatic carbocycles. The fourth-order valence-corrected chi connectivity index (χ4v) is 7.58. The van der Waals surface area contributed by atoms with Crippen molar-refractivity contribution in [2.75, 3.05) is 26.4 Å². The van der Waals surface area contributed by atoms with Gasteiger partial charge in [-0.05, 0) is 12.8 Å². The third-order valence-corrected chi connectivity index (χ3v) is 11.2. The zero-order chi connectivity index (χ0) is 39.6. The monoisotopic (exact) mass is 790 g/mol. The highest BCUT2D eigenvalue weighted by molar-refractivity contribution is 7.47. The first-order valence-electron chi connectivity index (χ1n) is 23.0. The minimum absolute atomic E-state index is 0.0576. The highest BCUT2D eigenvalue weighted by atomic mass is 31.2. The average Bonchev–Trinajstić information content (AvgIpc) is 3.16. The normalized spacial score (nSPS) is 13.2. The zero-order valence-corrected chi connectivity index (χ0v) is 36.4. The maximum absolute atomic E-state index is 12.5. The molecule has 10 heteroatoms. The van der Waals surface area contributed by atoms with Gasteiger partial charge in [0, 0.05) is 19.4 Å². The molecule has 0 fully saturated rings. The summed E-state index contributed by atoms with van der Waals surface area (Å²) < 4.78 is 32.6. The first-order valence-corrected chi connectivity index (χ1v) is 24.5. The Balaban J connectivity index is 3.79. The molecule has 0 aromatic heterocycles. The van der Waals surface area contributed by atoms with Crippen molar-refractivity contribution in [3.63, 3.8) is 0 Å². The topological polar surface area (TPSA) is 134 Å². The predicted molar refractivity (Wildman–Crippen MR) is 225 cm³/mol. The van der Waals surface area contributed by atoms with E-state index in [9.17, 15) is 19.0 Å². The standard InChI is InChI=1S/C44H88NO8P/c1-3-5-7-9-11-12-13-14-15-16-17-18-19-20-21-22-23-24-25-26-27-28-29-30-31-33-35-37-44(47)53-42(41-52-54(48,49)51-39-38-45)40-50-43(46)36-34-32-10-8-6-4-2/h42H,3-41,45H2,1-2H3,(H,48,49). The second-order valence-electron chi connectivity index (χ2n) is 15.6. The van der Waals surface area contributed by atoms with Gasteiger partial charge >= 0.3 is 19.8 Å². The van der Waals surface area contributed by atoms with Gasteiger partial charge in [0.15, 0.2) is 6.10 Å². The quantitative estimate of drug-likeness (QED) is 0.0351. The maximum Gasteiger partial charge on any atom is 0.472 e. The minimum Gasteiger partial charge on any atom is -0.462 e. The lowest BCUT2D eigenvalue weighted by molar-refractivity contribution is -0.161. The van der Waals surface area contributed by atoms with Gasteiger partial charge in [-0.15, -0.1) is 0 Å². The molecule has 0 bridgehead atoms. The molecule has 0 saturated heterocycles. The van der Waals surface area contributed by atoms with Gasteiger partial charge in [0.25, 0.3) is 0 Å². The van der Waals surface area contributed by atoms with Crippen LogP contribution < -0.4 is 5.73 Å². The number of nitrogens with two attached hydrogens (primary N) is 1. The van der Waals surface area contributed by atoms with Gasteiger partial charge in [0.1, 0.15) is 6.61 Å². The number of esters is 2. The molecule has 0 spiro atoms. The molecule has 0 aliphatic heterocycles. The summed E-state index contributed by atoms with van der Waals surface area (Å²) in [5.41, 5.74) is 5.33. The van der Waals surface area contributed by atoms with E-state index in [4.69, 9.17) is 24.3 Å². The lowest BCUT2D eigenvalue weighted by Crippen LogP contribution is -2.29. The van der Waals surface area contributed by atoms with Crippen molar-refractivity contribution in [3.05, 3.63) is 0 Å². The highest BCUT2D eigenvalue weighted by Gasteiger charge is 2.26. The van der Waals surface area contributed by atoms with Crippen molar-refractivity contribution in [1.29, 1.82) is 0 Å². The van der Waals surface area contributed by atoms with Gasteiger partial charge in [-0.3, -0.25) is 18.6 Å². The minimum atomic E-state index is -4.36. The Bertz CT molecular complexity index is 860. The molecule has 3 N–H and O–H groups in total. The fraction of sp³-hybridized carbons (Fsp3) is 0.955. The van der Waals surface area contributed by atoms with Gasteiger partial charge in [-0.25, -0.2) is 4.57 Å². The molecule has 0 amide bonds. The summed E-state index contributed by atoms with van der Waals surface area (Å²) in [6.45, 7) is 3.70. The summed E-state index contributed by atoms with van der Waals surface area (Å²) in [4.78, 5) is 34.6. The highest BCUT2D eigenvalue weighted by Crippen LogP contribution is 2.43. The molecule has 322 valence electrons. The van der Waals surface area contributed by atoms with Crippen LogP contribution in [0, 0.1) is 0 Å². The van der Waals surface area contributed by atoms with Crippen LogP contribution in [-0.2, 0) is 32.7 Å². The van der Waals surface area contributed by atoms with Crippen LogP contribution in [0.15, 0.2) is 0 Å². The molecule has 0 radical (unpaired) electrons. The van der Waals surface area contributed by atoms with Crippen LogP contribution in [0.5, 0.6) is 0 Å². The van der Waals surface area contributed by atoms with Crippen molar-refractivity contribution < 1.29 is 37.6 Å². The largest absolute Gasteiger partial charge is 0.472 e. The number of carbonyl (C=O) groups is 2. The maximum atomic E-state index is 12.5. The van der Waals surface area contributed by atoms with Crippen molar-refractivity contribution in [1.82, 2.24) is 0 Å². The van der Waals surface area contributed by atoms with Crippen LogP contribution in [0.3, 0.4) is 0 Å². The van der Waals surface area contributed by atoms with E-state index in [1.54, 1.807) is 0 Å². The number of unbranched alkanes of at least 4 members (excludes halogenated alkanes) is 31. The molecule has 0 aromatic carbocycles. The predicted octanol–water partition coefficient (Wildman–Crippen LogP) is 13.2. The number of hydrogen-bond donors (Lipinski definition) is 2. The molecular formula is C44H88NO8P. The number of phosphoric ester groups is 1. The Kier molecular flexibility index (Phi) is 40.9. The van der Waals surface area contributed by atoms with Crippen LogP contribution in [0.4, 0.5) is 0 Å². The molecule has 0 saturated carbocycles. The molecule has 9 nitrogen and oxygen atoms in total. The number of hydrogen-bond acceptors (Lipinski definition) is 8. The zero-order valence-electron chi connectivity index (χ0n) is 35.5. The third kappa shape index (κ3) is 40.7. The molecule has 2 atom stereocenters. The number of ether oxygens (including phenoxy) is 2. The molecule has 2 unspecified atom stereocenters. The van der Waals surface area contributed by atoms with Crippen molar-refractivity contribution in [2.45, 2.75) is 245 Å². The van der Waals surface area contributed by atoms with Gasteiger partial charge in [-0.1, -0.05) is 213 Å². The van der Waals surface area contributed by atoms with Gasteiger partial charge in [0.2, 0.25) is 0 Å². The summed E-state index contributed by atoms with van der Waals surface area (Å²) in [7, 11) is -4.36. The first-order chi connectivity index (χ1) is 26.3. The summed E-state index contributed by atoms with van der Waals surface area (Å²) in [5, 5.41) is 0. The van der Waals surface area contributed by atoms with Gasteiger partial charge < -0.3 is 20.1 Å². The molecule has 0 aromatic rings. The van der Waals surface area contributed by atoms with E-state index in [1.165, 1.54) is 167 Å². The van der Waals surface area contributed by atoms with Crippen LogP contribution in [0.2, 0.25) is 0 Å². The second-order valence-corrected chi connectivity index (χ2v) is 17.1. The average molecular weight is 790 g/mol. The Morgan fingerprint density at radius 1 is 0.481 bits per heavy atom. The van der Waals surface area contributed by atoms with Crippen LogP contribution >= 0.6 is 7.82 Å². The summed E-state index contributed by atoms with van der Waals surface area (Å²) in [6.07, 6.45) is 41.9. The molecule has 54 heavy (non-hydrogen) atoms. The van der Waals surface area contributed by atoms with Gasteiger partial charge in [-0.2, -0.15) is 0 Å². The van der Waals surface area contributed by atoms with Crippen molar-refractivity contribution in [2.24, 2.45) is 5.73 Å². The van der Waals surface area contributed by atoms with E-state index in [0.717, 1.165) is 38.5 Å². The van der Waals surface area contributed by atoms with Crippen molar-refractivity contribution >= 4 is 19.8 Å². The summed E-state index contributed by atoms with van der Waals surface area (Å²) in [6, 6.07) is 0. The number of carbonyl (C=O) groups excluding carboxylic acids is 2. The van der Waals surface area contributed by atoms with Crippen LogP contribution in [0.25, 0.3) is 0 Å². The van der Waals surface area contributed by atoms with E-state index >= 15 is 0 Å². The molecule has 0 aliphatic rings. The van der Waals surface area contributed by atoms with E-state index in [0.29, 0.717) is 6.42 Å². The summed E-state index contributed by atoms with van der Waals surface area (Å²) >= 11 is 0. The van der Waals surface area contributed by atoms with E-state index in [2.05, 4.69) is 13.8 Å². The number of rotatable bonds is 44. The van der Waals surface area contributed by atoms with E-state index in [-0.39, 0.29) is 38.6 Å². The summed E-state index contributed by atoms with van der Waals surface area (Å²) in [5.74, 6) is -0.825. The second kappa shape index (κ2) is 41.6. The molecular weight excluding hydrogens is 701 g/mol. The molecule has 0 heterocycles. The van der Waals surface area contributed by atoms with Gasteiger partial charge in [0.05, 0.1) is 13.2 Å². The van der Waals surface area contributed by atoms with E-state index < -0.39 is 26.5 Å². The van der Waals surface area contributed by atoms with E-state index in [1.807, 2.05) is 0 Å². The first kappa shape index (κ1) is 53.0. The Morgan fingerprint density at radius 3 is 1.13 bits per heavy atom. The number of phosphoric acid groups is 1. The third-order valence-electron chi connectivity index (χ3n) is 10.2. The lowest BCUT2D eigenvalue weighted by Gasteiger charge is -2.19. The van der Waals surface area contributed by atoms with Crippen molar-refractivity contribution in [3.8, 4) is 0 Å². The lowest BCUT2D eigenvalue weighted by atomic mass is 10.0. The SMILES string of the molecule is CCCCCCCCCCCCCCCCCCCCCCCCCCCCCC(=O)OC(COC(=O)CCCCCCCC)COP(=O)(O)OCCN. The van der Waals surface area contributed by atoms with Crippen LogP contribution in [-0.4, -0.2) is 49.3 Å². The molecule has 0 rings (SSSR count).